The van der Waals surface area contributed by atoms with Gasteiger partial charge < -0.3 is 10.6 Å². The fraction of sp³-hybridized carbons (Fsp3) is 0.938. The summed E-state index contributed by atoms with van der Waals surface area (Å²) in [5.41, 5.74) is 6.05. The molecule has 2 rings (SSSR count). The fourth-order valence-electron chi connectivity index (χ4n) is 3.88. The zero-order chi connectivity index (χ0) is 13.9. The Bertz CT molecular complexity index is 308. The lowest BCUT2D eigenvalue weighted by atomic mass is 9.74. The summed E-state index contributed by atoms with van der Waals surface area (Å²) in [5.74, 6) is 1.04. The molecular weight excluding hydrogens is 236 g/mol. The summed E-state index contributed by atoms with van der Waals surface area (Å²) in [6, 6.07) is 0. The summed E-state index contributed by atoms with van der Waals surface area (Å²) in [6.07, 6.45) is 10.9. The number of carbonyl (C=O) groups excluding carboxylic acids is 1. The molecule has 0 radical (unpaired) electrons. The van der Waals surface area contributed by atoms with E-state index >= 15 is 0 Å². The standard InChI is InChI=1S/C16H30N2O/c1-16(17)11-7-6-10-14(16)15(19)18(2)12-13-8-4-3-5-9-13/h13-14H,3-12,17H2,1-2H3. The molecule has 0 aliphatic heterocycles. The molecule has 3 heteroatoms. The van der Waals surface area contributed by atoms with Crippen LogP contribution in [0.3, 0.4) is 0 Å². The van der Waals surface area contributed by atoms with Crippen LogP contribution in [-0.2, 0) is 4.79 Å². The van der Waals surface area contributed by atoms with Gasteiger partial charge in [0.15, 0.2) is 0 Å². The topological polar surface area (TPSA) is 46.3 Å². The summed E-state index contributed by atoms with van der Waals surface area (Å²) < 4.78 is 0. The van der Waals surface area contributed by atoms with Gasteiger partial charge in [0.25, 0.3) is 0 Å². The van der Waals surface area contributed by atoms with Crippen molar-refractivity contribution in [1.29, 1.82) is 0 Å². The number of hydrogen-bond acceptors (Lipinski definition) is 2. The third-order valence-corrected chi connectivity index (χ3v) is 5.19. The normalized spacial score (nSPS) is 33.1. The Morgan fingerprint density at radius 2 is 1.79 bits per heavy atom. The van der Waals surface area contributed by atoms with Crippen molar-refractivity contribution in [2.75, 3.05) is 13.6 Å². The molecular formula is C16H30N2O. The first kappa shape index (κ1) is 14.8. The zero-order valence-corrected chi connectivity index (χ0v) is 12.7. The minimum atomic E-state index is -0.295. The van der Waals surface area contributed by atoms with Crippen LogP contribution in [0.2, 0.25) is 0 Å². The monoisotopic (exact) mass is 266 g/mol. The van der Waals surface area contributed by atoms with E-state index in [1.807, 2.05) is 11.9 Å². The Morgan fingerprint density at radius 1 is 1.16 bits per heavy atom. The average Bonchev–Trinajstić information content (AvgIpc) is 2.38. The quantitative estimate of drug-likeness (QED) is 0.853. The lowest BCUT2D eigenvalue weighted by molar-refractivity contribution is -0.138. The number of rotatable bonds is 3. The van der Waals surface area contributed by atoms with Gasteiger partial charge in [-0.2, -0.15) is 0 Å². The van der Waals surface area contributed by atoms with E-state index in [1.165, 1.54) is 38.5 Å². The molecule has 2 fully saturated rings. The van der Waals surface area contributed by atoms with Crippen LogP contribution in [0.25, 0.3) is 0 Å². The van der Waals surface area contributed by atoms with Gasteiger partial charge in [0, 0.05) is 19.1 Å². The van der Waals surface area contributed by atoms with Gasteiger partial charge in [0.2, 0.25) is 5.91 Å². The molecule has 2 aliphatic carbocycles. The van der Waals surface area contributed by atoms with Gasteiger partial charge in [-0.1, -0.05) is 32.1 Å². The maximum atomic E-state index is 12.6. The molecule has 1 amide bonds. The molecule has 3 nitrogen and oxygen atoms in total. The molecule has 0 spiro atoms. The van der Waals surface area contributed by atoms with E-state index in [4.69, 9.17) is 5.73 Å². The number of nitrogens with zero attached hydrogens (tertiary/aromatic N) is 1. The Morgan fingerprint density at radius 3 is 2.42 bits per heavy atom. The van der Waals surface area contributed by atoms with Crippen LogP contribution in [0, 0.1) is 11.8 Å². The van der Waals surface area contributed by atoms with Gasteiger partial charge in [0.05, 0.1) is 5.92 Å². The van der Waals surface area contributed by atoms with Crippen LogP contribution in [0.4, 0.5) is 0 Å². The highest BCUT2D eigenvalue weighted by Gasteiger charge is 2.39. The van der Waals surface area contributed by atoms with Crippen LogP contribution in [0.1, 0.15) is 64.7 Å². The molecule has 0 aromatic rings. The average molecular weight is 266 g/mol. The van der Waals surface area contributed by atoms with Crippen molar-refractivity contribution in [1.82, 2.24) is 4.90 Å². The van der Waals surface area contributed by atoms with Crippen LogP contribution in [0.5, 0.6) is 0 Å². The first-order valence-corrected chi connectivity index (χ1v) is 8.04. The predicted molar refractivity (Wildman–Crippen MR) is 78.8 cm³/mol. The Balaban J connectivity index is 1.90. The molecule has 110 valence electrons. The number of carbonyl (C=O) groups is 1. The highest BCUT2D eigenvalue weighted by atomic mass is 16.2. The van der Waals surface area contributed by atoms with Gasteiger partial charge in [0.1, 0.15) is 0 Å². The molecule has 0 saturated heterocycles. The first-order chi connectivity index (χ1) is 9.00. The van der Waals surface area contributed by atoms with Crippen molar-refractivity contribution >= 4 is 5.91 Å². The maximum Gasteiger partial charge on any atom is 0.227 e. The molecule has 2 unspecified atom stereocenters. The summed E-state index contributed by atoms with van der Waals surface area (Å²) in [4.78, 5) is 14.6. The molecule has 0 aromatic heterocycles. The van der Waals surface area contributed by atoms with Gasteiger partial charge in [-0.05, 0) is 38.5 Å². The second-order valence-electron chi connectivity index (χ2n) is 7.03. The van der Waals surface area contributed by atoms with Crippen molar-refractivity contribution in [2.45, 2.75) is 70.3 Å². The van der Waals surface area contributed by atoms with Crippen LogP contribution in [-0.4, -0.2) is 29.9 Å². The Kier molecular flexibility index (Phi) is 4.88. The molecule has 0 aromatic carbocycles. The lowest BCUT2D eigenvalue weighted by Crippen LogP contribution is -2.53. The minimum absolute atomic E-state index is 0.0369. The molecule has 0 bridgehead atoms. The van der Waals surface area contributed by atoms with Crippen LogP contribution >= 0.6 is 0 Å². The highest BCUT2D eigenvalue weighted by molar-refractivity contribution is 5.80. The van der Waals surface area contributed by atoms with E-state index in [-0.39, 0.29) is 17.4 Å². The fourth-order valence-corrected chi connectivity index (χ4v) is 3.88. The number of nitrogens with two attached hydrogens (primary N) is 1. The van der Waals surface area contributed by atoms with Crippen LogP contribution in [0.15, 0.2) is 0 Å². The van der Waals surface area contributed by atoms with E-state index in [1.54, 1.807) is 0 Å². The highest BCUT2D eigenvalue weighted by Crippen LogP contribution is 2.33. The molecule has 0 heterocycles. The second-order valence-corrected chi connectivity index (χ2v) is 7.03. The molecule has 19 heavy (non-hydrogen) atoms. The largest absolute Gasteiger partial charge is 0.345 e. The Labute approximate surface area is 117 Å². The first-order valence-electron chi connectivity index (χ1n) is 8.04. The van der Waals surface area contributed by atoms with Gasteiger partial charge in [-0.15, -0.1) is 0 Å². The predicted octanol–water partition coefficient (Wildman–Crippen LogP) is 2.93. The zero-order valence-electron chi connectivity index (χ0n) is 12.7. The van der Waals surface area contributed by atoms with Crippen molar-refractivity contribution in [3.8, 4) is 0 Å². The third-order valence-electron chi connectivity index (χ3n) is 5.19. The van der Waals surface area contributed by atoms with Gasteiger partial charge >= 0.3 is 0 Å². The van der Waals surface area contributed by atoms with Crippen molar-refractivity contribution in [3.63, 3.8) is 0 Å². The van der Waals surface area contributed by atoms with Crippen molar-refractivity contribution in [2.24, 2.45) is 17.6 Å². The van der Waals surface area contributed by atoms with E-state index < -0.39 is 0 Å². The van der Waals surface area contributed by atoms with Crippen LogP contribution < -0.4 is 5.73 Å². The molecule has 2 atom stereocenters. The minimum Gasteiger partial charge on any atom is -0.345 e. The number of amides is 1. The van der Waals surface area contributed by atoms with E-state index in [9.17, 15) is 4.79 Å². The third kappa shape index (κ3) is 3.71. The van der Waals surface area contributed by atoms with Gasteiger partial charge in [-0.3, -0.25) is 4.79 Å². The van der Waals surface area contributed by atoms with Crippen molar-refractivity contribution in [3.05, 3.63) is 0 Å². The molecule has 2 N–H and O–H groups in total. The molecule has 2 aliphatic rings. The lowest BCUT2D eigenvalue weighted by Gasteiger charge is -2.40. The van der Waals surface area contributed by atoms with Crippen molar-refractivity contribution < 1.29 is 4.79 Å². The maximum absolute atomic E-state index is 12.6. The summed E-state index contributed by atoms with van der Waals surface area (Å²) in [6.45, 7) is 2.99. The molecule has 2 saturated carbocycles. The summed E-state index contributed by atoms with van der Waals surface area (Å²) in [7, 11) is 1.97. The van der Waals surface area contributed by atoms with E-state index in [0.29, 0.717) is 0 Å². The summed E-state index contributed by atoms with van der Waals surface area (Å²) >= 11 is 0. The Hall–Kier alpha value is -0.570. The van der Waals surface area contributed by atoms with E-state index in [2.05, 4.69) is 6.92 Å². The SMILES string of the molecule is CN(CC1CCCCC1)C(=O)C1CCCCC1(C)N. The van der Waals surface area contributed by atoms with E-state index in [0.717, 1.165) is 31.7 Å². The summed E-state index contributed by atoms with van der Waals surface area (Å²) in [5, 5.41) is 0. The number of hydrogen-bond donors (Lipinski definition) is 1. The van der Waals surface area contributed by atoms with Gasteiger partial charge in [-0.25, -0.2) is 0 Å². The smallest absolute Gasteiger partial charge is 0.227 e. The second kappa shape index (κ2) is 6.25.